The highest BCUT2D eigenvalue weighted by atomic mass is 19.1. The number of rotatable bonds is 5. The van der Waals surface area contributed by atoms with Gasteiger partial charge in [-0.15, -0.1) is 0 Å². The summed E-state index contributed by atoms with van der Waals surface area (Å²) >= 11 is 0. The molecule has 6 heteroatoms. The van der Waals surface area contributed by atoms with Crippen LogP contribution in [0.4, 0.5) is 4.39 Å². The monoisotopic (exact) mass is 283 g/mol. The van der Waals surface area contributed by atoms with Crippen LogP contribution in [0.25, 0.3) is 0 Å². The highest BCUT2D eigenvalue weighted by Gasteiger charge is 2.27. The van der Waals surface area contributed by atoms with Crippen molar-refractivity contribution in [1.82, 2.24) is 4.90 Å². The van der Waals surface area contributed by atoms with E-state index in [0.29, 0.717) is 0 Å². The van der Waals surface area contributed by atoms with Crippen molar-refractivity contribution in [3.05, 3.63) is 29.6 Å². The number of hydrogen-bond acceptors (Lipinski definition) is 4. The van der Waals surface area contributed by atoms with Crippen molar-refractivity contribution < 1.29 is 23.5 Å². The molecule has 0 N–H and O–H groups in total. The number of ether oxygens (including phenoxy) is 2. The summed E-state index contributed by atoms with van der Waals surface area (Å²) < 4.78 is 23.4. The van der Waals surface area contributed by atoms with Gasteiger partial charge in [0, 0.05) is 6.04 Å². The van der Waals surface area contributed by atoms with Gasteiger partial charge < -0.3 is 14.4 Å². The molecule has 110 valence electrons. The summed E-state index contributed by atoms with van der Waals surface area (Å²) in [4.78, 5) is 25.0. The van der Waals surface area contributed by atoms with Crippen LogP contribution in [0, 0.1) is 5.82 Å². The third-order valence-corrected chi connectivity index (χ3v) is 2.82. The number of halogens is 1. The average Bonchev–Trinajstić information content (AvgIpc) is 2.42. The molecule has 0 heterocycles. The zero-order valence-electron chi connectivity index (χ0n) is 12.0. The number of carbonyl (C=O) groups is 2. The van der Waals surface area contributed by atoms with Gasteiger partial charge in [0.1, 0.15) is 23.7 Å². The predicted octanol–water partition coefficient (Wildman–Crippen LogP) is 1.86. The molecule has 0 unspecified atom stereocenters. The second-order valence-electron chi connectivity index (χ2n) is 4.42. The first-order valence-electron chi connectivity index (χ1n) is 6.12. The molecule has 0 saturated heterocycles. The average molecular weight is 283 g/mol. The lowest BCUT2D eigenvalue weighted by Crippen LogP contribution is -2.41. The standard InChI is InChI=1S/C14H18FNO4/c1-9(2)16(8-12(17)20-4)14(18)13-10(15)6-5-7-11(13)19-3/h5-7,9H,8H2,1-4H3. The fraction of sp³-hybridized carbons (Fsp3) is 0.429. The summed E-state index contributed by atoms with van der Waals surface area (Å²) in [6.45, 7) is 3.22. The number of methoxy groups -OCH3 is 2. The molecule has 1 amide bonds. The molecule has 0 aliphatic carbocycles. The van der Waals surface area contributed by atoms with Gasteiger partial charge in [0.25, 0.3) is 5.91 Å². The van der Waals surface area contributed by atoms with E-state index in [2.05, 4.69) is 4.74 Å². The Morgan fingerprint density at radius 3 is 2.45 bits per heavy atom. The molecule has 0 aliphatic rings. The van der Waals surface area contributed by atoms with E-state index in [9.17, 15) is 14.0 Å². The number of amides is 1. The van der Waals surface area contributed by atoms with Crippen LogP contribution < -0.4 is 4.74 Å². The quantitative estimate of drug-likeness (QED) is 0.774. The highest BCUT2D eigenvalue weighted by Crippen LogP contribution is 2.23. The van der Waals surface area contributed by atoms with Crippen LogP contribution >= 0.6 is 0 Å². The van der Waals surface area contributed by atoms with Crippen LogP contribution in [0.1, 0.15) is 24.2 Å². The first kappa shape index (κ1) is 15.9. The van der Waals surface area contributed by atoms with Crippen molar-refractivity contribution in [1.29, 1.82) is 0 Å². The van der Waals surface area contributed by atoms with Crippen molar-refractivity contribution in [2.45, 2.75) is 19.9 Å². The van der Waals surface area contributed by atoms with Crippen LogP contribution in [0.2, 0.25) is 0 Å². The van der Waals surface area contributed by atoms with Gasteiger partial charge in [-0.3, -0.25) is 9.59 Å². The van der Waals surface area contributed by atoms with E-state index in [1.54, 1.807) is 13.8 Å². The summed E-state index contributed by atoms with van der Waals surface area (Å²) in [7, 11) is 2.58. The predicted molar refractivity (Wildman–Crippen MR) is 71.1 cm³/mol. The number of carbonyl (C=O) groups excluding carboxylic acids is 2. The zero-order chi connectivity index (χ0) is 15.3. The number of benzene rings is 1. The SMILES string of the molecule is COC(=O)CN(C(=O)c1c(F)cccc1OC)C(C)C. The molecule has 0 radical (unpaired) electrons. The van der Waals surface area contributed by atoms with Crippen LogP contribution in [0.15, 0.2) is 18.2 Å². The second-order valence-corrected chi connectivity index (χ2v) is 4.42. The first-order valence-corrected chi connectivity index (χ1v) is 6.12. The maximum absolute atomic E-state index is 13.9. The van der Waals surface area contributed by atoms with Gasteiger partial charge in [-0.05, 0) is 26.0 Å². The van der Waals surface area contributed by atoms with E-state index >= 15 is 0 Å². The lowest BCUT2D eigenvalue weighted by atomic mass is 10.1. The molecule has 0 saturated carbocycles. The summed E-state index contributed by atoms with van der Waals surface area (Å²) in [6.07, 6.45) is 0. The Kier molecular flexibility index (Phi) is 5.49. The lowest BCUT2D eigenvalue weighted by molar-refractivity contribution is -0.141. The molecule has 5 nitrogen and oxygen atoms in total. The van der Waals surface area contributed by atoms with Gasteiger partial charge >= 0.3 is 5.97 Å². The Morgan fingerprint density at radius 2 is 1.95 bits per heavy atom. The Balaban J connectivity index is 3.16. The minimum atomic E-state index is -0.690. The maximum atomic E-state index is 13.9. The van der Waals surface area contributed by atoms with Crippen LogP contribution in [0.5, 0.6) is 5.75 Å². The Morgan fingerprint density at radius 1 is 1.30 bits per heavy atom. The summed E-state index contributed by atoms with van der Waals surface area (Å²) in [5.41, 5.74) is -0.187. The van der Waals surface area contributed by atoms with Crippen LogP contribution in [-0.4, -0.2) is 43.6 Å². The molecule has 1 aromatic carbocycles. The van der Waals surface area contributed by atoms with E-state index in [1.807, 2.05) is 0 Å². The van der Waals surface area contributed by atoms with Gasteiger partial charge in [-0.2, -0.15) is 0 Å². The number of esters is 1. The third kappa shape index (κ3) is 3.46. The zero-order valence-corrected chi connectivity index (χ0v) is 12.0. The lowest BCUT2D eigenvalue weighted by Gasteiger charge is -2.26. The molecule has 0 aliphatic heterocycles. The fourth-order valence-electron chi connectivity index (χ4n) is 1.72. The van der Waals surface area contributed by atoms with Gasteiger partial charge in [0.15, 0.2) is 0 Å². The molecule has 0 atom stereocenters. The number of hydrogen-bond donors (Lipinski definition) is 0. The summed E-state index contributed by atoms with van der Waals surface area (Å²) in [5, 5.41) is 0. The van der Waals surface area contributed by atoms with E-state index in [4.69, 9.17) is 4.74 Å². The van der Waals surface area contributed by atoms with Crippen LogP contribution in [-0.2, 0) is 9.53 Å². The first-order chi connectivity index (χ1) is 9.42. The van der Waals surface area contributed by atoms with Crippen molar-refractivity contribution in [2.75, 3.05) is 20.8 Å². The highest BCUT2D eigenvalue weighted by molar-refractivity contribution is 5.98. The summed E-state index contributed by atoms with van der Waals surface area (Å²) in [5.74, 6) is -1.74. The Hall–Kier alpha value is -2.11. The molecule has 0 aromatic heterocycles. The molecular formula is C14H18FNO4. The van der Waals surface area contributed by atoms with Crippen molar-refractivity contribution >= 4 is 11.9 Å². The van der Waals surface area contributed by atoms with Gasteiger partial charge in [0.05, 0.1) is 14.2 Å². The normalized spacial score (nSPS) is 10.3. The molecule has 1 rings (SSSR count). The van der Waals surface area contributed by atoms with Crippen LogP contribution in [0.3, 0.4) is 0 Å². The van der Waals surface area contributed by atoms with Gasteiger partial charge in [-0.25, -0.2) is 4.39 Å². The summed E-state index contributed by atoms with van der Waals surface area (Å²) in [6, 6.07) is 3.83. The molecule has 0 fully saturated rings. The molecule has 20 heavy (non-hydrogen) atoms. The molecule has 1 aromatic rings. The number of nitrogens with zero attached hydrogens (tertiary/aromatic N) is 1. The van der Waals surface area contributed by atoms with Crippen molar-refractivity contribution in [2.24, 2.45) is 0 Å². The van der Waals surface area contributed by atoms with E-state index in [0.717, 1.165) is 0 Å². The largest absolute Gasteiger partial charge is 0.496 e. The van der Waals surface area contributed by atoms with E-state index in [-0.39, 0.29) is 23.9 Å². The van der Waals surface area contributed by atoms with Gasteiger partial charge in [0.2, 0.25) is 0 Å². The molecular weight excluding hydrogens is 265 g/mol. The minimum absolute atomic E-state index is 0.130. The van der Waals surface area contributed by atoms with Crippen molar-refractivity contribution in [3.8, 4) is 5.75 Å². The Bertz CT molecular complexity index is 502. The fourth-order valence-corrected chi connectivity index (χ4v) is 1.72. The maximum Gasteiger partial charge on any atom is 0.325 e. The smallest absolute Gasteiger partial charge is 0.325 e. The molecule has 0 bridgehead atoms. The second kappa shape index (κ2) is 6.88. The Labute approximate surface area is 117 Å². The van der Waals surface area contributed by atoms with E-state index in [1.165, 1.54) is 37.3 Å². The van der Waals surface area contributed by atoms with Gasteiger partial charge in [-0.1, -0.05) is 6.07 Å². The molecule has 0 spiro atoms. The minimum Gasteiger partial charge on any atom is -0.496 e. The van der Waals surface area contributed by atoms with Crippen molar-refractivity contribution in [3.63, 3.8) is 0 Å². The van der Waals surface area contributed by atoms with E-state index < -0.39 is 17.7 Å². The third-order valence-electron chi connectivity index (χ3n) is 2.82. The topological polar surface area (TPSA) is 55.8 Å².